The van der Waals surface area contributed by atoms with Crippen LogP contribution in [0.1, 0.15) is 168 Å². The van der Waals surface area contributed by atoms with E-state index in [2.05, 4.69) is 13.8 Å². The summed E-state index contributed by atoms with van der Waals surface area (Å²) < 4.78 is 0. The van der Waals surface area contributed by atoms with E-state index in [0.717, 1.165) is 35.5 Å². The fraction of sp³-hybridized carbons (Fsp3) is 1.00. The predicted molar refractivity (Wildman–Crippen MR) is 143 cm³/mol. The van der Waals surface area contributed by atoms with Crippen LogP contribution in [0.5, 0.6) is 0 Å². The quantitative estimate of drug-likeness (QED) is 0.234. The van der Waals surface area contributed by atoms with Gasteiger partial charge in [0.15, 0.2) is 0 Å². The van der Waals surface area contributed by atoms with E-state index in [-0.39, 0.29) is 0 Å². The van der Waals surface area contributed by atoms with E-state index in [1.165, 1.54) is 64.2 Å². The summed E-state index contributed by atoms with van der Waals surface area (Å²) >= 11 is 0. The average Bonchev–Trinajstić information content (AvgIpc) is 2.85. The third-order valence-corrected chi connectivity index (χ3v) is 10.4. The summed E-state index contributed by atoms with van der Waals surface area (Å²) in [5.41, 5.74) is 0. The van der Waals surface area contributed by atoms with Crippen LogP contribution in [-0.2, 0) is 0 Å². The van der Waals surface area contributed by atoms with Crippen molar-refractivity contribution in [3.8, 4) is 0 Å². The van der Waals surface area contributed by atoms with E-state index in [4.69, 9.17) is 0 Å². The highest BCUT2D eigenvalue weighted by molar-refractivity contribution is 4.86. The summed E-state index contributed by atoms with van der Waals surface area (Å²) in [7, 11) is 0. The number of unbranched alkanes of at least 4 members (excludes halogenated alkanes) is 8. The lowest BCUT2D eigenvalue weighted by Gasteiger charge is -2.41. The molecule has 0 heterocycles. The maximum absolute atomic E-state index is 2.34. The minimum atomic E-state index is 1.09. The van der Waals surface area contributed by atoms with Gasteiger partial charge in [-0.25, -0.2) is 0 Å². The van der Waals surface area contributed by atoms with Crippen LogP contribution in [0.3, 0.4) is 0 Å². The highest BCUT2D eigenvalue weighted by Crippen LogP contribution is 2.46. The van der Waals surface area contributed by atoms with Gasteiger partial charge in [0.2, 0.25) is 0 Å². The fourth-order valence-corrected chi connectivity index (χ4v) is 8.06. The molecule has 188 valence electrons. The third-order valence-electron chi connectivity index (χ3n) is 10.4. The van der Waals surface area contributed by atoms with Gasteiger partial charge in [-0.3, -0.25) is 0 Å². The van der Waals surface area contributed by atoms with E-state index >= 15 is 0 Å². The topological polar surface area (TPSA) is 0 Å². The monoisotopic (exact) mass is 444 g/mol. The Balaban J connectivity index is 1.23. The van der Waals surface area contributed by atoms with Crippen LogP contribution < -0.4 is 0 Å². The standard InChI is InChI=1S/C32H60/c1-3-5-7-9-10-12-14-28-17-21-30(22-18-28)32-25-23-31(24-26-32)29-19-15-27(16-20-29)13-11-8-6-4-2/h27-32H,3-26H2,1-2H3. The molecule has 0 unspecified atom stereocenters. The van der Waals surface area contributed by atoms with Crippen molar-refractivity contribution in [3.63, 3.8) is 0 Å². The van der Waals surface area contributed by atoms with Crippen LogP contribution in [0.2, 0.25) is 0 Å². The Labute approximate surface area is 203 Å². The minimum Gasteiger partial charge on any atom is -0.0654 e. The van der Waals surface area contributed by atoms with Crippen LogP contribution in [0, 0.1) is 35.5 Å². The molecule has 0 nitrogen and oxygen atoms in total. The first-order valence-electron chi connectivity index (χ1n) is 15.8. The number of rotatable bonds is 14. The molecule has 0 saturated heterocycles. The molecular weight excluding hydrogens is 384 g/mol. The average molecular weight is 445 g/mol. The second kappa shape index (κ2) is 15.8. The van der Waals surface area contributed by atoms with Crippen LogP contribution in [0.15, 0.2) is 0 Å². The van der Waals surface area contributed by atoms with E-state index in [9.17, 15) is 0 Å². The number of hydrogen-bond donors (Lipinski definition) is 0. The molecule has 3 rings (SSSR count). The van der Waals surface area contributed by atoms with Gasteiger partial charge in [0.25, 0.3) is 0 Å². The Bertz CT molecular complexity index is 429. The fourth-order valence-electron chi connectivity index (χ4n) is 8.06. The summed E-state index contributed by atoms with van der Waals surface area (Å²) in [6.07, 6.45) is 36.7. The maximum Gasteiger partial charge on any atom is -0.0386 e. The molecule has 3 aliphatic carbocycles. The Morgan fingerprint density at radius 2 is 0.625 bits per heavy atom. The Kier molecular flexibility index (Phi) is 13.1. The first-order chi connectivity index (χ1) is 15.8. The molecule has 0 amide bonds. The molecule has 32 heavy (non-hydrogen) atoms. The summed E-state index contributed by atoms with van der Waals surface area (Å²) in [4.78, 5) is 0. The van der Waals surface area contributed by atoms with Gasteiger partial charge in [-0.15, -0.1) is 0 Å². The number of hydrogen-bond acceptors (Lipinski definition) is 0. The van der Waals surface area contributed by atoms with Crippen molar-refractivity contribution in [2.75, 3.05) is 0 Å². The van der Waals surface area contributed by atoms with Gasteiger partial charge in [0.1, 0.15) is 0 Å². The Morgan fingerprint density at radius 1 is 0.344 bits per heavy atom. The van der Waals surface area contributed by atoms with Crippen molar-refractivity contribution in [1.29, 1.82) is 0 Å². The summed E-state index contributed by atoms with van der Waals surface area (Å²) in [6, 6.07) is 0. The summed E-state index contributed by atoms with van der Waals surface area (Å²) in [5, 5.41) is 0. The first-order valence-corrected chi connectivity index (χ1v) is 15.8. The highest BCUT2D eigenvalue weighted by atomic mass is 14.4. The van der Waals surface area contributed by atoms with Gasteiger partial charge < -0.3 is 0 Å². The second-order valence-electron chi connectivity index (χ2n) is 12.6. The zero-order valence-electron chi connectivity index (χ0n) is 22.4. The molecule has 0 aromatic carbocycles. The van der Waals surface area contributed by atoms with Crippen molar-refractivity contribution in [2.24, 2.45) is 35.5 Å². The molecular formula is C32H60. The van der Waals surface area contributed by atoms with Gasteiger partial charge in [0.05, 0.1) is 0 Å². The Hall–Kier alpha value is 0. The largest absolute Gasteiger partial charge is 0.0654 e. The normalized spacial score (nSPS) is 33.9. The van der Waals surface area contributed by atoms with Crippen LogP contribution in [0.25, 0.3) is 0 Å². The minimum absolute atomic E-state index is 1.09. The zero-order chi connectivity index (χ0) is 22.4. The summed E-state index contributed by atoms with van der Waals surface area (Å²) in [5.74, 6) is 6.61. The van der Waals surface area contributed by atoms with Gasteiger partial charge >= 0.3 is 0 Å². The van der Waals surface area contributed by atoms with Crippen LogP contribution in [0.4, 0.5) is 0 Å². The van der Waals surface area contributed by atoms with Gasteiger partial charge in [0, 0.05) is 0 Å². The lowest BCUT2D eigenvalue weighted by molar-refractivity contribution is 0.102. The zero-order valence-corrected chi connectivity index (χ0v) is 22.4. The molecule has 0 bridgehead atoms. The predicted octanol–water partition coefficient (Wildman–Crippen LogP) is 11.1. The van der Waals surface area contributed by atoms with Crippen LogP contribution >= 0.6 is 0 Å². The molecule has 0 aromatic rings. The maximum atomic E-state index is 2.34. The van der Waals surface area contributed by atoms with Crippen LogP contribution in [-0.4, -0.2) is 0 Å². The molecule has 3 saturated carbocycles. The third kappa shape index (κ3) is 9.33. The SMILES string of the molecule is CCCCCCCCC1CCC(C2CCC(C3CCC(CCCCCC)CC3)CC2)CC1. The van der Waals surface area contributed by atoms with Gasteiger partial charge in [-0.05, 0) is 86.9 Å². The molecule has 0 radical (unpaired) electrons. The molecule has 0 N–H and O–H groups in total. The lowest BCUT2D eigenvalue weighted by Crippen LogP contribution is -2.29. The molecule has 3 fully saturated rings. The van der Waals surface area contributed by atoms with Gasteiger partial charge in [-0.1, -0.05) is 117 Å². The second-order valence-corrected chi connectivity index (χ2v) is 12.6. The smallest absolute Gasteiger partial charge is 0.0386 e. The van der Waals surface area contributed by atoms with E-state index in [0.29, 0.717) is 0 Å². The highest BCUT2D eigenvalue weighted by Gasteiger charge is 2.34. The molecule has 0 atom stereocenters. The van der Waals surface area contributed by atoms with Crippen molar-refractivity contribution in [3.05, 3.63) is 0 Å². The van der Waals surface area contributed by atoms with Gasteiger partial charge in [-0.2, -0.15) is 0 Å². The van der Waals surface area contributed by atoms with E-state index in [1.807, 2.05) is 0 Å². The van der Waals surface area contributed by atoms with E-state index in [1.54, 1.807) is 89.9 Å². The van der Waals surface area contributed by atoms with Crippen molar-refractivity contribution in [1.82, 2.24) is 0 Å². The molecule has 0 aromatic heterocycles. The first kappa shape index (κ1) is 26.6. The molecule has 0 spiro atoms. The summed E-state index contributed by atoms with van der Waals surface area (Å²) in [6.45, 7) is 4.66. The lowest BCUT2D eigenvalue weighted by atomic mass is 9.64. The Morgan fingerprint density at radius 3 is 1.00 bits per heavy atom. The van der Waals surface area contributed by atoms with Crippen molar-refractivity contribution >= 4 is 0 Å². The molecule has 3 aliphatic rings. The molecule has 0 heteroatoms. The molecule has 0 aliphatic heterocycles. The van der Waals surface area contributed by atoms with Crippen molar-refractivity contribution in [2.45, 2.75) is 168 Å². The van der Waals surface area contributed by atoms with Crippen molar-refractivity contribution < 1.29 is 0 Å². The van der Waals surface area contributed by atoms with E-state index < -0.39 is 0 Å².